The minimum absolute atomic E-state index is 0.201. The van der Waals surface area contributed by atoms with Crippen molar-refractivity contribution in [2.45, 2.75) is 45.3 Å². The number of ether oxygens (including phenoxy) is 1. The Balaban J connectivity index is 1.97. The van der Waals surface area contributed by atoms with Gasteiger partial charge < -0.3 is 15.4 Å². The van der Waals surface area contributed by atoms with Gasteiger partial charge in [-0.1, -0.05) is 19.4 Å². The van der Waals surface area contributed by atoms with Gasteiger partial charge in [-0.25, -0.2) is 0 Å². The van der Waals surface area contributed by atoms with Crippen LogP contribution in [-0.4, -0.2) is 36.6 Å². The molecular weight excluding hydrogens is 284 g/mol. The molecule has 2 rings (SSSR count). The third kappa shape index (κ3) is 5.09. The second-order valence-electron chi connectivity index (χ2n) is 5.70. The van der Waals surface area contributed by atoms with Gasteiger partial charge in [-0.15, -0.1) is 11.3 Å². The van der Waals surface area contributed by atoms with Gasteiger partial charge in [-0.3, -0.25) is 4.79 Å². The van der Waals surface area contributed by atoms with Crippen molar-refractivity contribution in [1.29, 1.82) is 0 Å². The standard InChI is InChI=1S/C16H26N2O2S/c1-2-13(10-17)9-16(19)18(11-14-5-3-7-20-14)12-15-6-4-8-21-15/h4,6,8,13-14H,2-3,5,7,9-12,17H2,1H3. The summed E-state index contributed by atoms with van der Waals surface area (Å²) in [4.78, 5) is 15.8. The van der Waals surface area contributed by atoms with Gasteiger partial charge in [-0.05, 0) is 36.8 Å². The molecule has 2 atom stereocenters. The van der Waals surface area contributed by atoms with Crippen LogP contribution >= 0.6 is 11.3 Å². The van der Waals surface area contributed by atoms with Gasteiger partial charge in [0.15, 0.2) is 0 Å². The first-order valence-corrected chi connectivity index (χ1v) is 8.72. The molecule has 0 radical (unpaired) electrons. The average molecular weight is 310 g/mol. The number of carbonyl (C=O) groups is 1. The van der Waals surface area contributed by atoms with Crippen LogP contribution in [0, 0.1) is 5.92 Å². The lowest BCUT2D eigenvalue weighted by atomic mass is 10.0. The smallest absolute Gasteiger partial charge is 0.223 e. The Morgan fingerprint density at radius 1 is 1.62 bits per heavy atom. The van der Waals surface area contributed by atoms with E-state index in [-0.39, 0.29) is 17.9 Å². The van der Waals surface area contributed by atoms with Crippen LogP contribution < -0.4 is 5.73 Å². The Bertz CT molecular complexity index is 412. The first-order chi connectivity index (χ1) is 10.2. The molecule has 0 saturated carbocycles. The van der Waals surface area contributed by atoms with E-state index in [0.29, 0.717) is 26.1 Å². The highest BCUT2D eigenvalue weighted by Crippen LogP contribution is 2.19. The zero-order chi connectivity index (χ0) is 15.1. The quantitative estimate of drug-likeness (QED) is 0.803. The maximum Gasteiger partial charge on any atom is 0.223 e. The zero-order valence-corrected chi connectivity index (χ0v) is 13.6. The Morgan fingerprint density at radius 2 is 2.48 bits per heavy atom. The second-order valence-corrected chi connectivity index (χ2v) is 6.73. The van der Waals surface area contributed by atoms with Crippen molar-refractivity contribution in [2.75, 3.05) is 19.7 Å². The van der Waals surface area contributed by atoms with Crippen molar-refractivity contribution in [1.82, 2.24) is 4.90 Å². The predicted octanol–water partition coefficient (Wildman–Crippen LogP) is 2.63. The van der Waals surface area contributed by atoms with E-state index < -0.39 is 0 Å². The molecule has 1 aliphatic rings. The lowest BCUT2D eigenvalue weighted by Gasteiger charge is -2.26. The summed E-state index contributed by atoms with van der Waals surface area (Å²) in [5.74, 6) is 0.490. The molecule has 1 amide bonds. The number of rotatable bonds is 8. The second kappa shape index (κ2) is 8.51. The molecular formula is C16H26N2O2S. The summed E-state index contributed by atoms with van der Waals surface area (Å²) in [6.45, 7) is 4.89. The predicted molar refractivity (Wildman–Crippen MR) is 86.2 cm³/mol. The van der Waals surface area contributed by atoms with Gasteiger partial charge in [0.25, 0.3) is 0 Å². The number of nitrogens with two attached hydrogens (primary N) is 1. The SMILES string of the molecule is CCC(CN)CC(=O)N(Cc1cccs1)CC1CCCO1. The summed E-state index contributed by atoms with van der Waals surface area (Å²) < 4.78 is 5.70. The maximum atomic E-state index is 12.6. The van der Waals surface area contributed by atoms with Crippen molar-refractivity contribution in [2.24, 2.45) is 11.7 Å². The molecule has 5 heteroatoms. The fraction of sp³-hybridized carbons (Fsp3) is 0.688. The molecule has 2 heterocycles. The summed E-state index contributed by atoms with van der Waals surface area (Å²) in [6, 6.07) is 4.12. The molecule has 2 unspecified atom stereocenters. The molecule has 1 aliphatic heterocycles. The van der Waals surface area contributed by atoms with Crippen LogP contribution in [-0.2, 0) is 16.1 Å². The van der Waals surface area contributed by atoms with E-state index >= 15 is 0 Å². The normalized spacial score (nSPS) is 19.6. The fourth-order valence-corrected chi connectivity index (χ4v) is 3.37. The van der Waals surface area contributed by atoms with Gasteiger partial charge in [0.2, 0.25) is 5.91 Å². The number of amides is 1. The lowest BCUT2D eigenvalue weighted by Crippen LogP contribution is -2.38. The lowest BCUT2D eigenvalue weighted by molar-refractivity contribution is -0.134. The molecule has 0 aromatic carbocycles. The molecule has 1 aromatic rings. The van der Waals surface area contributed by atoms with Gasteiger partial charge in [0, 0.05) is 24.4 Å². The number of carbonyl (C=O) groups excluding carboxylic acids is 1. The molecule has 0 spiro atoms. The third-order valence-electron chi connectivity index (χ3n) is 4.10. The molecule has 0 aliphatic carbocycles. The van der Waals surface area contributed by atoms with Crippen molar-refractivity contribution < 1.29 is 9.53 Å². The van der Waals surface area contributed by atoms with E-state index in [9.17, 15) is 4.79 Å². The summed E-state index contributed by atoms with van der Waals surface area (Å²) in [5, 5.41) is 2.05. The molecule has 1 aromatic heterocycles. The zero-order valence-electron chi connectivity index (χ0n) is 12.8. The number of hydrogen-bond acceptors (Lipinski definition) is 4. The minimum atomic E-state index is 0.201. The number of thiophene rings is 1. The highest BCUT2D eigenvalue weighted by molar-refractivity contribution is 7.09. The largest absolute Gasteiger partial charge is 0.376 e. The summed E-state index contributed by atoms with van der Waals surface area (Å²) in [7, 11) is 0. The molecule has 1 saturated heterocycles. The highest BCUT2D eigenvalue weighted by Gasteiger charge is 2.24. The van der Waals surface area contributed by atoms with E-state index in [1.807, 2.05) is 11.0 Å². The molecule has 0 bridgehead atoms. The van der Waals surface area contributed by atoms with E-state index in [4.69, 9.17) is 10.5 Å². The maximum absolute atomic E-state index is 12.6. The first-order valence-electron chi connectivity index (χ1n) is 7.84. The molecule has 1 fully saturated rings. The molecule has 118 valence electrons. The minimum Gasteiger partial charge on any atom is -0.376 e. The van der Waals surface area contributed by atoms with Crippen molar-refractivity contribution in [3.63, 3.8) is 0 Å². The number of nitrogens with zero attached hydrogens (tertiary/aromatic N) is 1. The van der Waals surface area contributed by atoms with Gasteiger partial charge in [0.1, 0.15) is 0 Å². The summed E-state index contributed by atoms with van der Waals surface area (Å²) in [6.07, 6.45) is 3.86. The van der Waals surface area contributed by atoms with Crippen LogP contribution in [0.3, 0.4) is 0 Å². The Morgan fingerprint density at radius 3 is 3.05 bits per heavy atom. The van der Waals surface area contributed by atoms with E-state index in [0.717, 1.165) is 25.9 Å². The Hall–Kier alpha value is -0.910. The van der Waals surface area contributed by atoms with Crippen LogP contribution in [0.1, 0.15) is 37.5 Å². The van der Waals surface area contributed by atoms with E-state index in [2.05, 4.69) is 18.4 Å². The topological polar surface area (TPSA) is 55.6 Å². The highest BCUT2D eigenvalue weighted by atomic mass is 32.1. The Labute approximate surface area is 131 Å². The molecule has 4 nitrogen and oxygen atoms in total. The van der Waals surface area contributed by atoms with Crippen molar-refractivity contribution >= 4 is 17.2 Å². The molecule has 21 heavy (non-hydrogen) atoms. The number of hydrogen-bond donors (Lipinski definition) is 1. The monoisotopic (exact) mass is 310 g/mol. The van der Waals surface area contributed by atoms with E-state index in [1.54, 1.807) is 11.3 Å². The van der Waals surface area contributed by atoms with Gasteiger partial charge in [0.05, 0.1) is 12.6 Å². The molecule has 2 N–H and O–H groups in total. The van der Waals surface area contributed by atoms with Crippen LogP contribution in [0.4, 0.5) is 0 Å². The van der Waals surface area contributed by atoms with Crippen LogP contribution in [0.5, 0.6) is 0 Å². The van der Waals surface area contributed by atoms with E-state index in [1.165, 1.54) is 4.88 Å². The van der Waals surface area contributed by atoms with Crippen LogP contribution in [0.25, 0.3) is 0 Å². The third-order valence-corrected chi connectivity index (χ3v) is 4.96. The summed E-state index contributed by atoms with van der Waals surface area (Å²) in [5.41, 5.74) is 5.74. The first kappa shape index (κ1) is 16.5. The van der Waals surface area contributed by atoms with Gasteiger partial charge in [-0.2, -0.15) is 0 Å². The average Bonchev–Trinajstić information content (AvgIpc) is 3.17. The van der Waals surface area contributed by atoms with Crippen molar-refractivity contribution in [3.05, 3.63) is 22.4 Å². The van der Waals surface area contributed by atoms with Crippen LogP contribution in [0.15, 0.2) is 17.5 Å². The van der Waals surface area contributed by atoms with Crippen molar-refractivity contribution in [3.8, 4) is 0 Å². The summed E-state index contributed by atoms with van der Waals surface area (Å²) >= 11 is 1.70. The van der Waals surface area contributed by atoms with Crippen LogP contribution in [0.2, 0.25) is 0 Å². The fourth-order valence-electron chi connectivity index (χ4n) is 2.65. The Kier molecular flexibility index (Phi) is 6.67. The van der Waals surface area contributed by atoms with Gasteiger partial charge >= 0.3 is 0 Å².